The van der Waals surface area contributed by atoms with E-state index in [-0.39, 0.29) is 5.56 Å². The topological polar surface area (TPSA) is 80.9 Å². The minimum atomic E-state index is -1.00. The number of fused-ring (bicyclic) bond motifs is 1. The standard InChI is InChI=1S/C20H18N4O2/c1-4-24-19-15(12(3)23-24)16(14-8-11(2)9-21-10-14)17(20(25)26)18(22-19)13-6-5-7-13/h5-10H,4H2,1-3H3,(H,25,26). The first kappa shape index (κ1) is 16.2. The highest BCUT2D eigenvalue weighted by atomic mass is 16.4. The van der Waals surface area contributed by atoms with Crippen LogP contribution >= 0.6 is 0 Å². The van der Waals surface area contributed by atoms with Gasteiger partial charge in [-0.2, -0.15) is 5.10 Å². The minimum absolute atomic E-state index is 0.194. The third-order valence-electron chi connectivity index (χ3n) is 4.56. The van der Waals surface area contributed by atoms with E-state index in [1.54, 1.807) is 12.4 Å². The number of nitrogens with zero attached hydrogens (tertiary/aromatic N) is 4. The van der Waals surface area contributed by atoms with Crippen molar-refractivity contribution in [1.29, 1.82) is 0 Å². The number of rotatable bonds is 4. The fraction of sp³-hybridized carbons (Fsp3) is 0.200. The summed E-state index contributed by atoms with van der Waals surface area (Å²) in [4.78, 5) is 21.2. The van der Waals surface area contributed by atoms with Crippen LogP contribution in [0.4, 0.5) is 0 Å². The minimum Gasteiger partial charge on any atom is -0.478 e. The Morgan fingerprint density at radius 1 is 1.27 bits per heavy atom. The van der Waals surface area contributed by atoms with Crippen molar-refractivity contribution in [2.24, 2.45) is 0 Å². The van der Waals surface area contributed by atoms with Crippen LogP contribution in [0.5, 0.6) is 0 Å². The zero-order valence-corrected chi connectivity index (χ0v) is 14.8. The van der Waals surface area contributed by atoms with Gasteiger partial charge in [-0.1, -0.05) is 18.2 Å². The predicted molar refractivity (Wildman–Crippen MR) is 100.0 cm³/mol. The lowest BCUT2D eigenvalue weighted by Gasteiger charge is -2.16. The summed E-state index contributed by atoms with van der Waals surface area (Å²) < 4.78 is 1.81. The van der Waals surface area contributed by atoms with E-state index < -0.39 is 5.97 Å². The van der Waals surface area contributed by atoms with Crippen LogP contribution in [0.1, 0.15) is 34.2 Å². The first-order valence-corrected chi connectivity index (χ1v) is 8.46. The average Bonchev–Trinajstić information content (AvgIpc) is 2.88. The summed E-state index contributed by atoms with van der Waals surface area (Å²) in [6, 6.07) is 1.95. The van der Waals surface area contributed by atoms with Crippen molar-refractivity contribution < 1.29 is 9.90 Å². The highest BCUT2D eigenvalue weighted by Gasteiger charge is 2.27. The second-order valence-corrected chi connectivity index (χ2v) is 6.35. The van der Waals surface area contributed by atoms with Crippen molar-refractivity contribution in [3.63, 3.8) is 0 Å². The Bertz CT molecular complexity index is 1120. The number of carbonyl (C=O) groups is 1. The van der Waals surface area contributed by atoms with Crippen molar-refractivity contribution in [1.82, 2.24) is 19.7 Å². The molecular formula is C20H18N4O2. The van der Waals surface area contributed by atoms with Gasteiger partial charge in [-0.3, -0.25) is 4.98 Å². The largest absolute Gasteiger partial charge is 0.478 e. The number of aryl methyl sites for hydroxylation is 3. The number of carboxylic acid groups (broad SMARTS) is 1. The molecule has 26 heavy (non-hydrogen) atoms. The van der Waals surface area contributed by atoms with Gasteiger partial charge in [-0.05, 0) is 32.4 Å². The maximum absolute atomic E-state index is 12.2. The molecule has 0 atom stereocenters. The number of allylic oxidation sites excluding steroid dienone is 4. The molecule has 1 aliphatic carbocycles. The molecule has 0 aromatic carbocycles. The van der Waals surface area contributed by atoms with Gasteiger partial charge in [0.25, 0.3) is 0 Å². The van der Waals surface area contributed by atoms with Crippen molar-refractivity contribution >= 4 is 22.6 Å². The highest BCUT2D eigenvalue weighted by molar-refractivity contribution is 6.10. The van der Waals surface area contributed by atoms with Crippen LogP contribution in [-0.4, -0.2) is 30.8 Å². The average molecular weight is 346 g/mol. The number of carboxylic acids is 1. The fourth-order valence-corrected chi connectivity index (χ4v) is 3.35. The van der Waals surface area contributed by atoms with Crippen LogP contribution in [0.3, 0.4) is 0 Å². The molecule has 1 N–H and O–H groups in total. The van der Waals surface area contributed by atoms with Gasteiger partial charge in [-0.15, -0.1) is 0 Å². The molecule has 130 valence electrons. The molecule has 0 saturated carbocycles. The number of hydrogen-bond acceptors (Lipinski definition) is 4. The van der Waals surface area contributed by atoms with Crippen molar-refractivity contribution in [2.45, 2.75) is 27.3 Å². The Balaban J connectivity index is 2.20. The summed E-state index contributed by atoms with van der Waals surface area (Å²) in [6.07, 6.45) is 9.08. The van der Waals surface area contributed by atoms with Crippen LogP contribution in [0.15, 0.2) is 36.7 Å². The van der Waals surface area contributed by atoms with Gasteiger partial charge < -0.3 is 5.11 Å². The molecule has 3 heterocycles. The first-order chi connectivity index (χ1) is 12.5. The Morgan fingerprint density at radius 2 is 2.04 bits per heavy atom. The smallest absolute Gasteiger partial charge is 0.338 e. The molecule has 0 aliphatic heterocycles. The van der Waals surface area contributed by atoms with E-state index in [0.29, 0.717) is 23.4 Å². The lowest BCUT2D eigenvalue weighted by Crippen LogP contribution is -2.10. The molecule has 1 aliphatic rings. The molecule has 4 rings (SSSR count). The summed E-state index contributed by atoms with van der Waals surface area (Å²) in [5.41, 5.74) is 5.30. The summed E-state index contributed by atoms with van der Waals surface area (Å²) >= 11 is 0. The predicted octanol–water partition coefficient (Wildman–Crippen LogP) is 3.78. The molecule has 3 aromatic heterocycles. The van der Waals surface area contributed by atoms with Gasteiger partial charge in [0, 0.05) is 35.6 Å². The Kier molecular flexibility index (Phi) is 3.68. The third kappa shape index (κ3) is 2.34. The Morgan fingerprint density at radius 3 is 2.62 bits per heavy atom. The van der Waals surface area contributed by atoms with Gasteiger partial charge in [0.2, 0.25) is 0 Å². The van der Waals surface area contributed by atoms with Crippen LogP contribution in [0.25, 0.3) is 27.7 Å². The lowest BCUT2D eigenvalue weighted by atomic mass is 9.91. The quantitative estimate of drug-likeness (QED) is 0.777. The van der Waals surface area contributed by atoms with Gasteiger partial charge in [0.05, 0.1) is 22.3 Å². The Hall–Kier alpha value is -3.28. The summed E-state index contributed by atoms with van der Waals surface area (Å²) in [5.74, 6) is -1.00. The molecule has 0 radical (unpaired) electrons. The molecule has 6 heteroatoms. The maximum atomic E-state index is 12.2. The molecule has 3 aromatic rings. The van der Waals surface area contributed by atoms with E-state index in [4.69, 9.17) is 4.98 Å². The summed E-state index contributed by atoms with van der Waals surface area (Å²) in [7, 11) is 0. The van der Waals surface area contributed by atoms with E-state index in [0.717, 1.165) is 27.8 Å². The lowest BCUT2D eigenvalue weighted by molar-refractivity contribution is 0.0697. The second-order valence-electron chi connectivity index (χ2n) is 6.35. The molecule has 0 fully saturated rings. The first-order valence-electron chi connectivity index (χ1n) is 8.46. The van der Waals surface area contributed by atoms with Gasteiger partial charge in [-0.25, -0.2) is 14.5 Å². The van der Waals surface area contributed by atoms with Gasteiger partial charge in [0.1, 0.15) is 0 Å². The zero-order valence-electron chi connectivity index (χ0n) is 14.8. The van der Waals surface area contributed by atoms with E-state index in [1.165, 1.54) is 0 Å². The number of aromatic nitrogens is 4. The molecular weight excluding hydrogens is 328 g/mol. The number of pyridine rings is 2. The van der Waals surface area contributed by atoms with E-state index in [1.807, 2.05) is 49.7 Å². The molecule has 0 unspecified atom stereocenters. The van der Waals surface area contributed by atoms with Crippen LogP contribution in [0.2, 0.25) is 0 Å². The maximum Gasteiger partial charge on any atom is 0.338 e. The number of aromatic carboxylic acids is 1. The van der Waals surface area contributed by atoms with Gasteiger partial charge in [0.15, 0.2) is 5.65 Å². The molecule has 6 nitrogen and oxygen atoms in total. The summed E-state index contributed by atoms with van der Waals surface area (Å²) in [5, 5.41) is 15.4. The van der Waals surface area contributed by atoms with Crippen LogP contribution < -0.4 is 0 Å². The Labute approximate surface area is 150 Å². The zero-order chi connectivity index (χ0) is 18.4. The van der Waals surface area contributed by atoms with E-state index in [2.05, 4.69) is 10.1 Å². The van der Waals surface area contributed by atoms with Crippen molar-refractivity contribution in [3.05, 3.63) is 59.2 Å². The van der Waals surface area contributed by atoms with E-state index in [9.17, 15) is 9.90 Å². The van der Waals surface area contributed by atoms with Crippen LogP contribution in [0, 0.1) is 13.8 Å². The summed E-state index contributed by atoms with van der Waals surface area (Å²) in [6.45, 7) is 6.48. The molecule has 0 saturated heterocycles. The molecule has 0 spiro atoms. The molecule has 0 bridgehead atoms. The molecule has 0 amide bonds. The van der Waals surface area contributed by atoms with Gasteiger partial charge >= 0.3 is 5.97 Å². The third-order valence-corrected chi connectivity index (χ3v) is 4.56. The highest BCUT2D eigenvalue weighted by Crippen LogP contribution is 2.38. The second kappa shape index (κ2) is 5.91. The monoisotopic (exact) mass is 346 g/mol. The normalized spacial score (nSPS) is 13.0. The van der Waals surface area contributed by atoms with Crippen molar-refractivity contribution in [2.75, 3.05) is 0 Å². The van der Waals surface area contributed by atoms with Crippen molar-refractivity contribution in [3.8, 4) is 11.1 Å². The number of hydrogen-bond donors (Lipinski definition) is 1. The SMILES string of the molecule is CCn1nc(C)c2c(-c3cncc(C)c3)c(C(=O)O)c(C3=CC=C3)nc21. The fourth-order valence-electron chi connectivity index (χ4n) is 3.35. The van der Waals surface area contributed by atoms with E-state index >= 15 is 0 Å². The van der Waals surface area contributed by atoms with Crippen LogP contribution in [-0.2, 0) is 6.54 Å².